The Morgan fingerprint density at radius 3 is 2.52 bits per heavy atom. The summed E-state index contributed by atoms with van der Waals surface area (Å²) >= 11 is 0. The van der Waals surface area contributed by atoms with E-state index in [2.05, 4.69) is 4.98 Å². The Balaban J connectivity index is 1.43. The fourth-order valence-corrected chi connectivity index (χ4v) is 5.04. The molecule has 0 spiro atoms. The van der Waals surface area contributed by atoms with Crippen LogP contribution in [0, 0.1) is 11.6 Å². The number of hydrogen-bond acceptors (Lipinski definition) is 3. The van der Waals surface area contributed by atoms with E-state index in [4.69, 9.17) is 0 Å². The zero-order chi connectivity index (χ0) is 20.6. The summed E-state index contributed by atoms with van der Waals surface area (Å²) in [6, 6.07) is 10.0. The molecule has 0 unspecified atom stereocenters. The lowest BCUT2D eigenvalue weighted by Crippen LogP contribution is -2.51. The zero-order valence-electron chi connectivity index (χ0n) is 15.4. The fourth-order valence-electron chi connectivity index (χ4n) is 3.54. The molecule has 2 heterocycles. The van der Waals surface area contributed by atoms with Crippen molar-refractivity contribution in [1.29, 1.82) is 0 Å². The second kappa shape index (κ2) is 7.57. The SMILES string of the molecule is O=C(Cc1c[nH]c2ccccc12)N1CCN(S(=O)(=O)c2cc(F)ccc2F)CC1. The van der Waals surface area contributed by atoms with Crippen molar-refractivity contribution in [1.82, 2.24) is 14.2 Å². The minimum Gasteiger partial charge on any atom is -0.361 e. The van der Waals surface area contributed by atoms with E-state index in [-0.39, 0.29) is 38.5 Å². The molecule has 0 bridgehead atoms. The van der Waals surface area contributed by atoms with E-state index in [1.807, 2.05) is 24.3 Å². The first-order valence-electron chi connectivity index (χ1n) is 9.14. The third-order valence-electron chi connectivity index (χ3n) is 5.12. The van der Waals surface area contributed by atoms with Crippen molar-refractivity contribution < 1.29 is 22.0 Å². The minimum absolute atomic E-state index is 0.0257. The number of amides is 1. The standard InChI is InChI=1S/C20H19F2N3O3S/c21-15-5-6-17(22)19(12-15)29(27,28)25-9-7-24(8-10-25)20(26)11-14-13-23-18-4-2-1-3-16(14)18/h1-6,12-13,23H,7-11H2. The number of benzene rings is 2. The second-order valence-corrected chi connectivity index (χ2v) is 8.80. The first-order chi connectivity index (χ1) is 13.9. The van der Waals surface area contributed by atoms with Gasteiger partial charge in [-0.3, -0.25) is 4.79 Å². The number of sulfonamides is 1. The second-order valence-electron chi connectivity index (χ2n) is 6.90. The molecule has 3 aromatic rings. The summed E-state index contributed by atoms with van der Waals surface area (Å²) in [7, 11) is -4.17. The number of piperazine rings is 1. The molecule has 0 saturated carbocycles. The number of nitrogens with one attached hydrogen (secondary N) is 1. The summed E-state index contributed by atoms with van der Waals surface area (Å²) in [6.45, 7) is 0.435. The molecule has 0 aliphatic carbocycles. The smallest absolute Gasteiger partial charge is 0.246 e. The molecule has 9 heteroatoms. The third kappa shape index (κ3) is 3.75. The van der Waals surface area contributed by atoms with E-state index in [9.17, 15) is 22.0 Å². The maximum Gasteiger partial charge on any atom is 0.246 e. The number of halogens is 2. The van der Waals surface area contributed by atoms with Gasteiger partial charge in [0.15, 0.2) is 0 Å². The van der Waals surface area contributed by atoms with E-state index >= 15 is 0 Å². The molecule has 1 N–H and O–H groups in total. The highest BCUT2D eigenvalue weighted by Crippen LogP contribution is 2.23. The monoisotopic (exact) mass is 419 g/mol. The summed E-state index contributed by atoms with van der Waals surface area (Å²) in [4.78, 5) is 16.7. The van der Waals surface area contributed by atoms with Crippen LogP contribution in [-0.4, -0.2) is 54.7 Å². The lowest BCUT2D eigenvalue weighted by Gasteiger charge is -2.34. The summed E-state index contributed by atoms with van der Waals surface area (Å²) in [5, 5.41) is 0.976. The number of carbonyl (C=O) groups excluding carboxylic acids is 1. The van der Waals surface area contributed by atoms with Crippen molar-refractivity contribution in [3.8, 4) is 0 Å². The van der Waals surface area contributed by atoms with Crippen LogP contribution in [-0.2, 0) is 21.2 Å². The topological polar surface area (TPSA) is 73.5 Å². The van der Waals surface area contributed by atoms with Gasteiger partial charge in [-0.15, -0.1) is 0 Å². The summed E-state index contributed by atoms with van der Waals surface area (Å²) in [6.07, 6.45) is 2.01. The molecule has 1 amide bonds. The van der Waals surface area contributed by atoms with Gasteiger partial charge in [0.25, 0.3) is 0 Å². The molecule has 6 nitrogen and oxygen atoms in total. The lowest BCUT2D eigenvalue weighted by atomic mass is 10.1. The average Bonchev–Trinajstić information content (AvgIpc) is 3.12. The van der Waals surface area contributed by atoms with Crippen molar-refractivity contribution in [2.24, 2.45) is 0 Å². The number of aromatic amines is 1. The van der Waals surface area contributed by atoms with Gasteiger partial charge < -0.3 is 9.88 Å². The predicted octanol–water partition coefficient (Wildman–Crippen LogP) is 2.52. The molecule has 1 aromatic heterocycles. The first-order valence-corrected chi connectivity index (χ1v) is 10.6. The van der Waals surface area contributed by atoms with Gasteiger partial charge in [-0.25, -0.2) is 17.2 Å². The summed E-state index contributed by atoms with van der Waals surface area (Å²) < 4.78 is 53.7. The Hall–Kier alpha value is -2.78. The van der Waals surface area contributed by atoms with E-state index < -0.39 is 26.6 Å². The highest BCUT2D eigenvalue weighted by atomic mass is 32.2. The maximum atomic E-state index is 13.9. The molecule has 1 aliphatic heterocycles. The van der Waals surface area contributed by atoms with Gasteiger partial charge in [0.05, 0.1) is 6.42 Å². The molecule has 29 heavy (non-hydrogen) atoms. The molecule has 2 aromatic carbocycles. The van der Waals surface area contributed by atoms with E-state index in [1.54, 1.807) is 11.1 Å². The highest BCUT2D eigenvalue weighted by molar-refractivity contribution is 7.89. The number of H-pyrrole nitrogens is 1. The molecule has 1 saturated heterocycles. The predicted molar refractivity (Wildman–Crippen MR) is 104 cm³/mol. The average molecular weight is 419 g/mol. The van der Waals surface area contributed by atoms with E-state index in [0.29, 0.717) is 6.07 Å². The van der Waals surface area contributed by atoms with Gasteiger partial charge in [-0.1, -0.05) is 18.2 Å². The lowest BCUT2D eigenvalue weighted by molar-refractivity contribution is -0.131. The van der Waals surface area contributed by atoms with Crippen LogP contribution < -0.4 is 0 Å². The molecule has 1 fully saturated rings. The Morgan fingerprint density at radius 2 is 1.76 bits per heavy atom. The van der Waals surface area contributed by atoms with Crippen LogP contribution in [0.1, 0.15) is 5.56 Å². The van der Waals surface area contributed by atoms with Gasteiger partial charge in [-0.2, -0.15) is 4.31 Å². The van der Waals surface area contributed by atoms with Gasteiger partial charge in [0, 0.05) is 43.3 Å². The number of fused-ring (bicyclic) bond motifs is 1. The number of hydrogen-bond donors (Lipinski definition) is 1. The van der Waals surface area contributed by atoms with Gasteiger partial charge in [0.1, 0.15) is 16.5 Å². The Bertz CT molecular complexity index is 1170. The van der Waals surface area contributed by atoms with Gasteiger partial charge >= 0.3 is 0 Å². The van der Waals surface area contributed by atoms with E-state index in [0.717, 1.165) is 32.9 Å². The Kier molecular flexibility index (Phi) is 5.10. The first kappa shape index (κ1) is 19.5. The van der Waals surface area contributed by atoms with Crippen LogP contribution in [0.3, 0.4) is 0 Å². The normalized spacial score (nSPS) is 15.7. The maximum absolute atomic E-state index is 13.9. The third-order valence-corrected chi connectivity index (χ3v) is 7.03. The van der Waals surface area contributed by atoms with Crippen molar-refractivity contribution >= 4 is 26.8 Å². The minimum atomic E-state index is -4.17. The number of aromatic nitrogens is 1. The summed E-state index contributed by atoms with van der Waals surface area (Å²) in [5.74, 6) is -1.93. The van der Waals surface area contributed by atoms with Crippen molar-refractivity contribution in [3.05, 3.63) is 65.9 Å². The van der Waals surface area contributed by atoms with Crippen LogP contribution in [0.25, 0.3) is 10.9 Å². The molecule has 4 rings (SSSR count). The van der Waals surface area contributed by atoms with Crippen LogP contribution in [0.4, 0.5) is 8.78 Å². The Labute approximate surface area is 166 Å². The number of carbonyl (C=O) groups is 1. The van der Waals surface area contributed by atoms with Crippen molar-refractivity contribution in [2.45, 2.75) is 11.3 Å². The number of rotatable bonds is 4. The number of para-hydroxylation sites is 1. The quantitative estimate of drug-likeness (QED) is 0.706. The Morgan fingerprint density at radius 1 is 1.03 bits per heavy atom. The molecule has 0 radical (unpaired) electrons. The highest BCUT2D eigenvalue weighted by Gasteiger charge is 2.32. The number of nitrogens with zero attached hydrogens (tertiary/aromatic N) is 2. The summed E-state index contributed by atoms with van der Waals surface area (Å²) in [5.41, 5.74) is 1.82. The molecule has 1 aliphatic rings. The molecule has 0 atom stereocenters. The van der Waals surface area contributed by atoms with Crippen LogP contribution in [0.15, 0.2) is 53.6 Å². The van der Waals surface area contributed by atoms with Crippen molar-refractivity contribution in [3.63, 3.8) is 0 Å². The molecular formula is C20H19F2N3O3S. The van der Waals surface area contributed by atoms with Crippen molar-refractivity contribution in [2.75, 3.05) is 26.2 Å². The van der Waals surface area contributed by atoms with Crippen LogP contribution >= 0.6 is 0 Å². The largest absolute Gasteiger partial charge is 0.361 e. The fraction of sp³-hybridized carbons (Fsp3) is 0.250. The van der Waals surface area contributed by atoms with Crippen LogP contribution in [0.5, 0.6) is 0 Å². The van der Waals surface area contributed by atoms with E-state index in [1.165, 1.54) is 0 Å². The molecular weight excluding hydrogens is 400 g/mol. The zero-order valence-corrected chi connectivity index (χ0v) is 16.3. The van der Waals surface area contributed by atoms with Crippen LogP contribution in [0.2, 0.25) is 0 Å². The van der Waals surface area contributed by atoms with Gasteiger partial charge in [0.2, 0.25) is 15.9 Å². The molecule has 152 valence electrons. The van der Waals surface area contributed by atoms with Gasteiger partial charge in [-0.05, 0) is 29.8 Å².